The number of rotatable bonds is 6. The third-order valence-corrected chi connectivity index (χ3v) is 5.49. The first-order chi connectivity index (χ1) is 13.8. The lowest BCUT2D eigenvalue weighted by Crippen LogP contribution is -2.34. The van der Waals surface area contributed by atoms with Crippen LogP contribution < -0.4 is 10.5 Å². The third-order valence-electron chi connectivity index (χ3n) is 4.29. The van der Waals surface area contributed by atoms with Crippen LogP contribution in [0.1, 0.15) is 23.2 Å². The molecule has 0 saturated heterocycles. The molecule has 0 bridgehead atoms. The van der Waals surface area contributed by atoms with E-state index in [-0.39, 0.29) is 0 Å². The van der Waals surface area contributed by atoms with Gasteiger partial charge in [-0.05, 0) is 11.1 Å². The fraction of sp³-hybridized carbons (Fsp3) is 0.100. The van der Waals surface area contributed by atoms with E-state index in [9.17, 15) is 26.2 Å². The second kappa shape index (κ2) is 8.81. The zero-order valence-corrected chi connectivity index (χ0v) is 15.5. The zero-order chi connectivity index (χ0) is 21.1. The second-order valence-electron chi connectivity index (χ2n) is 6.11. The molecule has 0 saturated carbocycles. The quantitative estimate of drug-likeness (QED) is 0.348. The Morgan fingerprint density at radius 2 is 1.10 bits per heavy atom. The van der Waals surface area contributed by atoms with E-state index >= 15 is 0 Å². The summed E-state index contributed by atoms with van der Waals surface area (Å²) in [5.74, 6) is -11.0. The summed E-state index contributed by atoms with van der Waals surface area (Å²) < 4.78 is 83.4. The normalized spacial score (nSPS) is 14.4. The summed E-state index contributed by atoms with van der Waals surface area (Å²) in [4.78, 5) is -1.46. The molecule has 0 amide bonds. The lowest BCUT2D eigenvalue weighted by atomic mass is 9.95. The Morgan fingerprint density at radius 1 is 0.690 bits per heavy atom. The van der Waals surface area contributed by atoms with Gasteiger partial charge in [-0.15, -0.1) is 0 Å². The van der Waals surface area contributed by atoms with Crippen LogP contribution in [0.15, 0.2) is 65.6 Å². The Hall–Kier alpha value is -2.62. The van der Waals surface area contributed by atoms with Crippen molar-refractivity contribution < 1.29 is 26.2 Å². The van der Waals surface area contributed by atoms with Gasteiger partial charge >= 0.3 is 0 Å². The maximum Gasteiger partial charge on any atom is 0.200 e. The molecule has 0 fully saturated rings. The molecule has 0 spiro atoms. The lowest BCUT2D eigenvalue weighted by Gasteiger charge is -2.25. The average molecular weight is 426 g/mol. The highest BCUT2D eigenvalue weighted by Gasteiger charge is 2.31. The molecule has 0 radical (unpaired) electrons. The summed E-state index contributed by atoms with van der Waals surface area (Å²) in [6.45, 7) is 0. The van der Waals surface area contributed by atoms with E-state index in [2.05, 4.69) is 4.72 Å². The van der Waals surface area contributed by atoms with E-state index in [1.54, 1.807) is 60.7 Å². The van der Waals surface area contributed by atoms with Crippen LogP contribution in [0.25, 0.3) is 0 Å². The zero-order valence-electron chi connectivity index (χ0n) is 14.7. The van der Waals surface area contributed by atoms with E-state index in [1.807, 2.05) is 0 Å². The molecular weight excluding hydrogens is 411 g/mol. The highest BCUT2D eigenvalue weighted by Crippen LogP contribution is 2.30. The first-order valence-corrected chi connectivity index (χ1v) is 9.52. The molecule has 0 aliphatic carbocycles. The van der Waals surface area contributed by atoms with Gasteiger partial charge in [0.1, 0.15) is 15.9 Å². The lowest BCUT2D eigenvalue weighted by molar-refractivity contribution is 0.359. The van der Waals surface area contributed by atoms with Crippen LogP contribution in [0.4, 0.5) is 22.0 Å². The summed E-state index contributed by atoms with van der Waals surface area (Å²) >= 11 is 0. The number of benzene rings is 3. The number of halogens is 5. The van der Waals surface area contributed by atoms with Crippen molar-refractivity contribution >= 4 is 11.0 Å². The number of nitrogens with two attached hydrogens (primary N) is 1. The minimum absolute atomic E-state index is 0.515. The van der Waals surface area contributed by atoms with Gasteiger partial charge in [0.25, 0.3) is 0 Å². The number of hydrogen-bond acceptors (Lipinski definition) is 2. The van der Waals surface area contributed by atoms with Gasteiger partial charge in [0.2, 0.25) is 5.82 Å². The van der Waals surface area contributed by atoms with Gasteiger partial charge < -0.3 is 5.73 Å². The van der Waals surface area contributed by atoms with Crippen LogP contribution in [0.5, 0.6) is 0 Å². The minimum Gasteiger partial charge on any atom is -0.322 e. The SMILES string of the molecule is N[C@@H](c1ccccc1)[C@@H](NS(=O)c1c(F)c(F)c(F)c(F)c1F)c1ccccc1. The molecule has 3 aromatic carbocycles. The number of nitrogens with one attached hydrogen (secondary N) is 1. The van der Waals surface area contributed by atoms with E-state index < -0.39 is 57.1 Å². The van der Waals surface area contributed by atoms with Crippen LogP contribution in [0, 0.1) is 29.1 Å². The molecule has 1 unspecified atom stereocenters. The average Bonchev–Trinajstić information content (AvgIpc) is 2.75. The Balaban J connectivity index is 2.02. The van der Waals surface area contributed by atoms with Gasteiger partial charge in [-0.1, -0.05) is 60.7 Å². The van der Waals surface area contributed by atoms with Crippen molar-refractivity contribution in [2.24, 2.45) is 5.73 Å². The van der Waals surface area contributed by atoms with Crippen LogP contribution in [-0.4, -0.2) is 4.21 Å². The monoisotopic (exact) mass is 426 g/mol. The molecule has 3 rings (SSSR count). The minimum atomic E-state index is -2.79. The van der Waals surface area contributed by atoms with Crippen molar-refractivity contribution in [2.75, 3.05) is 0 Å². The summed E-state index contributed by atoms with van der Waals surface area (Å²) in [7, 11) is -2.79. The van der Waals surface area contributed by atoms with Crippen molar-refractivity contribution in [3.8, 4) is 0 Å². The molecule has 9 heteroatoms. The van der Waals surface area contributed by atoms with Gasteiger partial charge in [-0.25, -0.2) is 30.9 Å². The molecular formula is C20H15F5N2OS. The standard InChI is InChI=1S/C20H15F5N2OS/c21-13-14(22)16(24)20(17(25)15(13)23)29(28)27-19(12-9-5-2-6-10-12)18(26)11-7-3-1-4-8-11/h1-10,18-19,27H,26H2/t18-,19-,29?/m0/s1. The van der Waals surface area contributed by atoms with Crippen molar-refractivity contribution in [3.63, 3.8) is 0 Å². The Bertz CT molecular complexity index is 1010. The first kappa shape index (κ1) is 21.1. The molecule has 152 valence electrons. The van der Waals surface area contributed by atoms with Crippen molar-refractivity contribution in [1.82, 2.24) is 4.72 Å². The highest BCUT2D eigenvalue weighted by molar-refractivity contribution is 7.83. The van der Waals surface area contributed by atoms with E-state index in [1.165, 1.54) is 0 Å². The Morgan fingerprint density at radius 3 is 1.59 bits per heavy atom. The van der Waals surface area contributed by atoms with Gasteiger partial charge in [0.05, 0.1) is 12.1 Å². The molecule has 3 atom stereocenters. The first-order valence-electron chi connectivity index (χ1n) is 8.37. The smallest absolute Gasteiger partial charge is 0.200 e. The third kappa shape index (κ3) is 4.21. The highest BCUT2D eigenvalue weighted by atomic mass is 32.2. The summed E-state index contributed by atoms with van der Waals surface area (Å²) in [5.41, 5.74) is 7.39. The second-order valence-corrected chi connectivity index (χ2v) is 7.29. The van der Waals surface area contributed by atoms with Crippen LogP contribution in [0.2, 0.25) is 0 Å². The van der Waals surface area contributed by atoms with Crippen molar-refractivity contribution in [3.05, 3.63) is 101 Å². The predicted molar refractivity (Wildman–Crippen MR) is 98.3 cm³/mol. The van der Waals surface area contributed by atoms with Crippen LogP contribution >= 0.6 is 0 Å². The maximum absolute atomic E-state index is 14.0. The fourth-order valence-corrected chi connectivity index (χ4v) is 3.93. The molecule has 29 heavy (non-hydrogen) atoms. The van der Waals surface area contributed by atoms with Gasteiger partial charge in [0, 0.05) is 0 Å². The summed E-state index contributed by atoms with van der Waals surface area (Å²) in [6.07, 6.45) is 0. The molecule has 0 aromatic heterocycles. The van der Waals surface area contributed by atoms with E-state index in [0.29, 0.717) is 11.1 Å². The van der Waals surface area contributed by atoms with E-state index in [4.69, 9.17) is 5.73 Å². The molecule has 0 aliphatic heterocycles. The van der Waals surface area contributed by atoms with Crippen LogP contribution in [-0.2, 0) is 11.0 Å². The van der Waals surface area contributed by atoms with Crippen molar-refractivity contribution in [1.29, 1.82) is 0 Å². The Kier molecular flexibility index (Phi) is 6.41. The predicted octanol–water partition coefficient (Wildman–Crippen LogP) is 4.44. The molecule has 3 N–H and O–H groups in total. The molecule has 3 aromatic rings. The van der Waals surface area contributed by atoms with Crippen molar-refractivity contribution in [2.45, 2.75) is 17.0 Å². The Labute approximate surface area is 166 Å². The topological polar surface area (TPSA) is 55.1 Å². The number of hydrogen-bond donors (Lipinski definition) is 2. The van der Waals surface area contributed by atoms with E-state index in [0.717, 1.165) is 0 Å². The largest absolute Gasteiger partial charge is 0.322 e. The molecule has 3 nitrogen and oxygen atoms in total. The molecule has 0 aliphatic rings. The summed E-state index contributed by atoms with van der Waals surface area (Å²) in [6, 6.07) is 15.1. The van der Waals surface area contributed by atoms with Gasteiger partial charge in [-0.2, -0.15) is 0 Å². The molecule has 0 heterocycles. The van der Waals surface area contributed by atoms with Crippen LogP contribution in [0.3, 0.4) is 0 Å². The summed E-state index contributed by atoms with van der Waals surface area (Å²) in [5, 5.41) is 0. The maximum atomic E-state index is 14.0. The van der Waals surface area contributed by atoms with Gasteiger partial charge in [-0.3, -0.25) is 0 Å². The van der Waals surface area contributed by atoms with Gasteiger partial charge in [0.15, 0.2) is 23.3 Å². The fourth-order valence-electron chi connectivity index (χ4n) is 2.80.